The second-order valence-corrected chi connectivity index (χ2v) is 11.7. The summed E-state index contributed by atoms with van der Waals surface area (Å²) in [7, 11) is 1.65. The number of piperidine rings is 1. The van der Waals surface area contributed by atoms with Gasteiger partial charge in [0, 0.05) is 35.6 Å². The zero-order valence-corrected chi connectivity index (χ0v) is 22.5. The molecule has 7 heteroatoms. The Bertz CT molecular complexity index is 1580. The zero-order chi connectivity index (χ0) is 26.3. The normalized spacial score (nSPS) is 23.6. The molecule has 4 aromatic rings. The first kappa shape index (κ1) is 23.8. The van der Waals surface area contributed by atoms with E-state index in [9.17, 15) is 9.90 Å². The molecule has 3 aliphatic rings. The van der Waals surface area contributed by atoms with E-state index >= 15 is 0 Å². The zero-order valence-electron chi connectivity index (χ0n) is 22.5. The third-order valence-electron chi connectivity index (χ3n) is 9.30. The Morgan fingerprint density at radius 1 is 1.21 bits per heavy atom. The lowest BCUT2D eigenvalue weighted by molar-refractivity contribution is 0.0695. The van der Waals surface area contributed by atoms with Gasteiger partial charge in [0.15, 0.2) is 5.76 Å². The van der Waals surface area contributed by atoms with Crippen molar-refractivity contribution in [1.29, 1.82) is 0 Å². The van der Waals surface area contributed by atoms with Crippen molar-refractivity contribution in [2.45, 2.75) is 65.1 Å². The van der Waals surface area contributed by atoms with E-state index in [1.807, 2.05) is 24.3 Å². The number of carbonyl (C=O) groups is 1. The third kappa shape index (κ3) is 3.58. The Morgan fingerprint density at radius 3 is 2.68 bits per heavy atom. The number of aryl methyl sites for hydroxylation is 1. The molecule has 2 saturated carbocycles. The topological polar surface area (TPSA) is 80.7 Å². The summed E-state index contributed by atoms with van der Waals surface area (Å²) in [5, 5.41) is 12.1. The Hall–Kier alpha value is -3.32. The number of nitrogens with zero attached hydrogens (tertiary/aromatic N) is 3. The van der Waals surface area contributed by atoms with Crippen LogP contribution in [0.1, 0.15) is 67.3 Å². The van der Waals surface area contributed by atoms with Crippen LogP contribution in [0.25, 0.3) is 33.5 Å². The lowest BCUT2D eigenvalue weighted by Gasteiger charge is -2.27. The summed E-state index contributed by atoms with van der Waals surface area (Å²) in [5.74, 6) is 3.31. The fourth-order valence-electron chi connectivity index (χ4n) is 6.88. The molecule has 0 radical (unpaired) electrons. The smallest absolute Gasteiger partial charge is 0.254 e. The van der Waals surface area contributed by atoms with E-state index in [0.29, 0.717) is 46.4 Å². The number of methoxy groups -OCH3 is 1. The Balaban J connectivity index is 1.35. The Kier molecular flexibility index (Phi) is 5.38. The monoisotopic (exact) mass is 513 g/mol. The molecule has 1 aliphatic heterocycles. The van der Waals surface area contributed by atoms with E-state index in [1.165, 1.54) is 19.3 Å². The highest BCUT2D eigenvalue weighted by Gasteiger charge is 2.46. The van der Waals surface area contributed by atoms with Gasteiger partial charge < -0.3 is 23.7 Å². The van der Waals surface area contributed by atoms with Gasteiger partial charge in [-0.05, 0) is 87.6 Å². The van der Waals surface area contributed by atoms with Gasteiger partial charge in [0.05, 0.1) is 30.0 Å². The van der Waals surface area contributed by atoms with Crippen molar-refractivity contribution >= 4 is 27.9 Å². The number of hydrogen-bond acceptors (Lipinski definition) is 5. The predicted molar refractivity (Wildman–Crippen MR) is 146 cm³/mol. The maximum Gasteiger partial charge on any atom is 0.254 e. The predicted octanol–water partition coefficient (Wildman–Crippen LogP) is 6.10. The molecule has 38 heavy (non-hydrogen) atoms. The second kappa shape index (κ2) is 8.60. The largest absolute Gasteiger partial charge is 0.496 e. The number of aromatic nitrogens is 2. The van der Waals surface area contributed by atoms with Crippen molar-refractivity contribution in [3.63, 3.8) is 0 Å². The van der Waals surface area contributed by atoms with Gasteiger partial charge in [0.1, 0.15) is 17.0 Å². The summed E-state index contributed by atoms with van der Waals surface area (Å²) >= 11 is 0. The van der Waals surface area contributed by atoms with E-state index in [2.05, 4.69) is 29.4 Å². The van der Waals surface area contributed by atoms with Crippen LogP contribution >= 0.6 is 0 Å². The van der Waals surface area contributed by atoms with Gasteiger partial charge in [0.2, 0.25) is 0 Å². The summed E-state index contributed by atoms with van der Waals surface area (Å²) in [4.78, 5) is 20.5. The van der Waals surface area contributed by atoms with Gasteiger partial charge in [-0.3, -0.25) is 4.79 Å². The second-order valence-electron chi connectivity index (χ2n) is 11.7. The maximum absolute atomic E-state index is 13.6. The molecule has 1 amide bonds. The molecule has 1 N–H and O–H groups in total. The number of likely N-dealkylation sites (tertiary alicyclic amines) is 1. The summed E-state index contributed by atoms with van der Waals surface area (Å²) in [6, 6.07) is 10.1. The van der Waals surface area contributed by atoms with Gasteiger partial charge in [-0.25, -0.2) is 4.98 Å². The summed E-state index contributed by atoms with van der Waals surface area (Å²) in [5.41, 5.74) is 4.77. The van der Waals surface area contributed by atoms with Crippen LogP contribution in [-0.4, -0.2) is 45.2 Å². The van der Waals surface area contributed by atoms with Gasteiger partial charge in [-0.15, -0.1) is 0 Å². The minimum atomic E-state index is -0.630. The van der Waals surface area contributed by atoms with Crippen molar-refractivity contribution in [3.8, 4) is 17.2 Å². The molecule has 7 nitrogen and oxygen atoms in total. The fraction of sp³-hybridized carbons (Fsp3) is 0.484. The van der Waals surface area contributed by atoms with E-state index in [-0.39, 0.29) is 5.91 Å². The standard InChI is InChI=1S/C31H35N3O4/c1-16-21-8-10-24(16)34(15-21)31(36)22-12-26(37-4)28-17(2)29(38-27(28)13-22)25-11-20-7-9-23(18(3)35)32-30(20)33(25)14-19-5-6-19/h7,9,11-13,16,18-19,21,24,35H,5-6,8,10,14-15H2,1-4H3/t16-,18?,21?,24?/m1/s1. The van der Waals surface area contributed by atoms with E-state index < -0.39 is 6.10 Å². The van der Waals surface area contributed by atoms with Gasteiger partial charge in [-0.2, -0.15) is 0 Å². The van der Waals surface area contributed by atoms with Crippen molar-refractivity contribution in [2.24, 2.45) is 17.8 Å². The lowest BCUT2D eigenvalue weighted by atomic mass is 10.0. The number of aliphatic hydroxyl groups excluding tert-OH is 1. The van der Waals surface area contributed by atoms with Crippen LogP contribution in [0.4, 0.5) is 0 Å². The molecule has 198 valence electrons. The first-order valence-electron chi connectivity index (χ1n) is 13.9. The highest BCUT2D eigenvalue weighted by molar-refractivity contribution is 6.02. The highest BCUT2D eigenvalue weighted by Crippen LogP contribution is 2.45. The molecule has 3 aromatic heterocycles. The van der Waals surface area contributed by atoms with Crippen LogP contribution in [-0.2, 0) is 6.54 Å². The summed E-state index contributed by atoms with van der Waals surface area (Å²) in [6.07, 6.45) is 4.11. The van der Waals surface area contributed by atoms with Gasteiger partial charge in [-0.1, -0.05) is 6.92 Å². The molecular weight excluding hydrogens is 478 g/mol. The summed E-state index contributed by atoms with van der Waals surface area (Å²) in [6.45, 7) is 7.78. The number of fused-ring (bicyclic) bond motifs is 4. The quantitative estimate of drug-likeness (QED) is 0.337. The van der Waals surface area contributed by atoms with Crippen molar-refractivity contribution in [2.75, 3.05) is 13.7 Å². The fourth-order valence-corrected chi connectivity index (χ4v) is 6.88. The third-order valence-corrected chi connectivity index (χ3v) is 9.30. The van der Waals surface area contributed by atoms with Crippen LogP contribution in [0.3, 0.4) is 0 Å². The number of carbonyl (C=O) groups excluding carboxylic acids is 1. The van der Waals surface area contributed by atoms with Crippen LogP contribution in [0.2, 0.25) is 0 Å². The number of aliphatic hydroxyl groups is 1. The molecule has 3 fully saturated rings. The number of pyridine rings is 1. The van der Waals surface area contributed by atoms with Crippen LogP contribution in [0, 0.1) is 24.7 Å². The molecule has 2 bridgehead atoms. The van der Waals surface area contributed by atoms with Crippen molar-refractivity contribution in [3.05, 3.63) is 47.2 Å². The van der Waals surface area contributed by atoms with Crippen LogP contribution < -0.4 is 4.74 Å². The summed E-state index contributed by atoms with van der Waals surface area (Å²) < 4.78 is 14.6. The van der Waals surface area contributed by atoms with E-state index in [0.717, 1.165) is 52.9 Å². The van der Waals surface area contributed by atoms with Crippen molar-refractivity contribution in [1.82, 2.24) is 14.5 Å². The number of furan rings is 1. The molecule has 0 spiro atoms. The number of rotatable bonds is 6. The van der Waals surface area contributed by atoms with Gasteiger partial charge >= 0.3 is 0 Å². The average Bonchev–Trinajstić information content (AvgIpc) is 3.32. The SMILES string of the molecule is COc1cc(C(=O)N2CC3CCC2[C@@H]3C)cc2oc(-c3cc4ccc(C(C)O)nc4n3CC3CC3)c(C)c12. The van der Waals surface area contributed by atoms with Crippen LogP contribution in [0.5, 0.6) is 5.75 Å². The molecule has 4 atom stereocenters. The first-order chi connectivity index (χ1) is 18.3. The number of amides is 1. The minimum Gasteiger partial charge on any atom is -0.496 e. The molecule has 2 aliphatic carbocycles. The first-order valence-corrected chi connectivity index (χ1v) is 13.9. The molecule has 3 unspecified atom stereocenters. The number of ether oxygens (including phenoxy) is 1. The molecular formula is C31H35N3O4. The maximum atomic E-state index is 13.6. The number of hydrogen-bond donors (Lipinski definition) is 1. The van der Waals surface area contributed by atoms with E-state index in [4.69, 9.17) is 14.1 Å². The number of benzene rings is 1. The minimum absolute atomic E-state index is 0.0672. The average molecular weight is 514 g/mol. The van der Waals surface area contributed by atoms with Gasteiger partial charge in [0.25, 0.3) is 5.91 Å². The lowest BCUT2D eigenvalue weighted by Crippen LogP contribution is -2.38. The molecule has 1 saturated heterocycles. The molecule has 7 rings (SSSR count). The molecule has 4 heterocycles. The van der Waals surface area contributed by atoms with Crippen LogP contribution in [0.15, 0.2) is 34.7 Å². The Morgan fingerprint density at radius 2 is 2.03 bits per heavy atom. The Labute approximate surface area is 222 Å². The molecule has 1 aromatic carbocycles. The van der Waals surface area contributed by atoms with Crippen molar-refractivity contribution < 1.29 is 19.1 Å². The van der Waals surface area contributed by atoms with E-state index in [1.54, 1.807) is 14.0 Å². The highest BCUT2D eigenvalue weighted by atomic mass is 16.5.